The van der Waals surface area contributed by atoms with E-state index in [-0.39, 0.29) is 5.41 Å². The molecule has 0 amide bonds. The molecule has 0 unspecified atom stereocenters. The van der Waals surface area contributed by atoms with Crippen molar-refractivity contribution in [2.24, 2.45) is 5.41 Å². The third kappa shape index (κ3) is 3.65. The van der Waals surface area contributed by atoms with E-state index in [9.17, 15) is 0 Å². The zero-order valence-electron chi connectivity index (χ0n) is 10.9. The van der Waals surface area contributed by atoms with Crippen LogP contribution in [0, 0.1) is 5.41 Å². The van der Waals surface area contributed by atoms with Gasteiger partial charge in [0.15, 0.2) is 0 Å². The van der Waals surface area contributed by atoms with E-state index in [2.05, 4.69) is 52.6 Å². The van der Waals surface area contributed by atoms with Crippen molar-refractivity contribution in [1.82, 2.24) is 4.98 Å². The molecule has 0 saturated carbocycles. The Bertz CT molecular complexity index is 326. The largest absolute Gasteiger partial charge is 0.264 e. The van der Waals surface area contributed by atoms with E-state index in [1.54, 1.807) is 0 Å². The van der Waals surface area contributed by atoms with Gasteiger partial charge in [0.05, 0.1) is 0 Å². The van der Waals surface area contributed by atoms with Crippen molar-refractivity contribution in [2.75, 3.05) is 0 Å². The van der Waals surface area contributed by atoms with Gasteiger partial charge in [-0.05, 0) is 34.4 Å². The van der Waals surface area contributed by atoms with Crippen molar-refractivity contribution in [3.05, 3.63) is 29.6 Å². The molecule has 1 heterocycles. The number of pyridine rings is 1. The average molecular weight is 205 g/mol. The predicted octanol–water partition coefficient (Wildman–Crippen LogP) is 3.97. The molecule has 0 atom stereocenters. The van der Waals surface area contributed by atoms with Crippen LogP contribution in [0.2, 0.25) is 0 Å². The lowest BCUT2D eigenvalue weighted by molar-refractivity contribution is 0.405. The molecule has 1 heteroatoms. The van der Waals surface area contributed by atoms with Gasteiger partial charge in [0.25, 0.3) is 0 Å². The molecule has 1 nitrogen and oxygen atoms in total. The van der Waals surface area contributed by atoms with Crippen molar-refractivity contribution in [1.29, 1.82) is 0 Å². The van der Waals surface area contributed by atoms with Crippen LogP contribution in [0.15, 0.2) is 18.5 Å². The summed E-state index contributed by atoms with van der Waals surface area (Å²) in [5.41, 5.74) is 3.34. The highest BCUT2D eigenvalue weighted by molar-refractivity contribution is 5.30. The lowest BCUT2D eigenvalue weighted by Gasteiger charge is -2.26. The highest BCUT2D eigenvalue weighted by atomic mass is 14.6. The Labute approximate surface area is 93.9 Å². The summed E-state index contributed by atoms with van der Waals surface area (Å²) in [6.07, 6.45) is 5.01. The molecule has 0 saturated heterocycles. The van der Waals surface area contributed by atoms with Crippen molar-refractivity contribution in [3.8, 4) is 0 Å². The summed E-state index contributed by atoms with van der Waals surface area (Å²) in [6.45, 7) is 13.6. The number of hydrogen-bond donors (Lipinski definition) is 0. The first-order chi connectivity index (χ1) is 6.70. The predicted molar refractivity (Wildman–Crippen MR) is 66.1 cm³/mol. The molecule has 0 radical (unpaired) electrons. The standard InChI is InChI=1S/C14H23N/c1-13(2,3)9-11-10-15-8-7-12(11)14(4,5)6/h7-8,10H,9H2,1-6H3. The first-order valence-corrected chi connectivity index (χ1v) is 5.63. The Balaban J connectivity index is 3.08. The molecular weight excluding hydrogens is 182 g/mol. The fourth-order valence-corrected chi connectivity index (χ4v) is 1.87. The maximum Gasteiger partial charge on any atom is 0.0303 e. The lowest BCUT2D eigenvalue weighted by atomic mass is 9.79. The van der Waals surface area contributed by atoms with Crippen LogP contribution in [0.3, 0.4) is 0 Å². The Morgan fingerprint density at radius 2 is 1.67 bits per heavy atom. The summed E-state index contributed by atoms with van der Waals surface area (Å²) in [5.74, 6) is 0. The minimum atomic E-state index is 0.212. The molecule has 84 valence electrons. The van der Waals surface area contributed by atoms with Crippen molar-refractivity contribution >= 4 is 0 Å². The minimum absolute atomic E-state index is 0.212. The quantitative estimate of drug-likeness (QED) is 0.676. The van der Waals surface area contributed by atoms with E-state index >= 15 is 0 Å². The van der Waals surface area contributed by atoms with Crippen LogP contribution in [0.1, 0.15) is 52.7 Å². The molecule has 1 rings (SSSR count). The second kappa shape index (κ2) is 3.96. The summed E-state index contributed by atoms with van der Waals surface area (Å²) < 4.78 is 0. The second-order valence-electron chi connectivity index (χ2n) is 6.52. The SMILES string of the molecule is CC(C)(C)Cc1cnccc1C(C)(C)C. The van der Waals surface area contributed by atoms with Gasteiger partial charge in [0.2, 0.25) is 0 Å². The minimum Gasteiger partial charge on any atom is -0.264 e. The van der Waals surface area contributed by atoms with Crippen molar-refractivity contribution in [3.63, 3.8) is 0 Å². The van der Waals surface area contributed by atoms with Gasteiger partial charge in [0.1, 0.15) is 0 Å². The molecule has 0 aliphatic rings. The first-order valence-electron chi connectivity index (χ1n) is 5.63. The molecule has 0 N–H and O–H groups in total. The van der Waals surface area contributed by atoms with Crippen LogP contribution in [0.25, 0.3) is 0 Å². The zero-order chi connectivity index (χ0) is 11.7. The Morgan fingerprint density at radius 3 is 2.13 bits per heavy atom. The van der Waals surface area contributed by atoms with Crippen molar-refractivity contribution < 1.29 is 0 Å². The fourth-order valence-electron chi connectivity index (χ4n) is 1.87. The Kier molecular flexibility index (Phi) is 3.22. The smallest absolute Gasteiger partial charge is 0.0303 e. The summed E-state index contributed by atoms with van der Waals surface area (Å²) in [4.78, 5) is 4.24. The van der Waals surface area contributed by atoms with Gasteiger partial charge >= 0.3 is 0 Å². The molecule has 0 spiro atoms. The van der Waals surface area contributed by atoms with E-state index < -0.39 is 0 Å². The van der Waals surface area contributed by atoms with Crippen LogP contribution in [-0.2, 0) is 11.8 Å². The summed E-state index contributed by atoms with van der Waals surface area (Å²) in [5, 5.41) is 0. The maximum atomic E-state index is 4.24. The molecule has 0 aromatic carbocycles. The van der Waals surface area contributed by atoms with Gasteiger partial charge in [-0.2, -0.15) is 0 Å². The van der Waals surface area contributed by atoms with Gasteiger partial charge in [-0.1, -0.05) is 41.5 Å². The first kappa shape index (κ1) is 12.2. The van der Waals surface area contributed by atoms with E-state index in [1.165, 1.54) is 11.1 Å². The molecule has 0 fully saturated rings. The third-order valence-corrected chi connectivity index (χ3v) is 2.43. The van der Waals surface area contributed by atoms with Crippen molar-refractivity contribution in [2.45, 2.75) is 53.4 Å². The lowest BCUT2D eigenvalue weighted by Crippen LogP contribution is -2.18. The van der Waals surface area contributed by atoms with Crippen LogP contribution in [0.5, 0.6) is 0 Å². The van der Waals surface area contributed by atoms with E-state index in [4.69, 9.17) is 0 Å². The summed E-state index contributed by atoms with van der Waals surface area (Å²) in [7, 11) is 0. The van der Waals surface area contributed by atoms with Crippen LogP contribution in [-0.4, -0.2) is 4.98 Å². The molecule has 0 bridgehead atoms. The number of rotatable bonds is 1. The van der Waals surface area contributed by atoms with E-state index in [0.717, 1.165) is 6.42 Å². The van der Waals surface area contributed by atoms with Gasteiger partial charge in [-0.25, -0.2) is 0 Å². The average Bonchev–Trinajstić information content (AvgIpc) is 1.99. The topological polar surface area (TPSA) is 12.9 Å². The number of hydrogen-bond acceptors (Lipinski definition) is 1. The van der Waals surface area contributed by atoms with Gasteiger partial charge in [-0.15, -0.1) is 0 Å². The second-order valence-corrected chi connectivity index (χ2v) is 6.52. The normalized spacial score (nSPS) is 12.9. The molecule has 0 aliphatic heterocycles. The zero-order valence-corrected chi connectivity index (χ0v) is 10.9. The van der Waals surface area contributed by atoms with Gasteiger partial charge < -0.3 is 0 Å². The van der Waals surface area contributed by atoms with Gasteiger partial charge in [-0.3, -0.25) is 4.98 Å². The maximum absolute atomic E-state index is 4.24. The number of nitrogens with zero attached hydrogens (tertiary/aromatic N) is 1. The van der Waals surface area contributed by atoms with E-state index in [1.807, 2.05) is 12.4 Å². The molecular formula is C14H23N. The fraction of sp³-hybridized carbons (Fsp3) is 0.643. The van der Waals surface area contributed by atoms with Crippen LogP contribution in [0.4, 0.5) is 0 Å². The monoisotopic (exact) mass is 205 g/mol. The summed E-state index contributed by atoms with van der Waals surface area (Å²) >= 11 is 0. The molecule has 15 heavy (non-hydrogen) atoms. The highest BCUT2D eigenvalue weighted by Gasteiger charge is 2.20. The molecule has 0 aliphatic carbocycles. The molecule has 1 aromatic rings. The molecule has 1 aromatic heterocycles. The van der Waals surface area contributed by atoms with Crippen LogP contribution < -0.4 is 0 Å². The summed E-state index contributed by atoms with van der Waals surface area (Å²) in [6, 6.07) is 2.15. The Hall–Kier alpha value is -0.850. The van der Waals surface area contributed by atoms with E-state index in [0.29, 0.717) is 5.41 Å². The number of aromatic nitrogens is 1. The third-order valence-electron chi connectivity index (χ3n) is 2.43. The Morgan fingerprint density at radius 1 is 1.07 bits per heavy atom. The van der Waals surface area contributed by atoms with Crippen LogP contribution >= 0.6 is 0 Å². The van der Waals surface area contributed by atoms with Gasteiger partial charge in [0, 0.05) is 12.4 Å². The highest BCUT2D eigenvalue weighted by Crippen LogP contribution is 2.29.